The highest BCUT2D eigenvalue weighted by molar-refractivity contribution is 5.58. The predicted octanol–water partition coefficient (Wildman–Crippen LogP) is 4.56. The summed E-state index contributed by atoms with van der Waals surface area (Å²) < 4.78 is 7.70. The van der Waals surface area contributed by atoms with E-state index in [-0.39, 0.29) is 0 Å². The van der Waals surface area contributed by atoms with Gasteiger partial charge in [-0.15, -0.1) is 5.10 Å². The zero-order chi connectivity index (χ0) is 14.9. The van der Waals surface area contributed by atoms with Crippen molar-refractivity contribution in [2.24, 2.45) is 0 Å². The number of nitrogens with zero attached hydrogens (tertiary/aromatic N) is 3. The first kappa shape index (κ1) is 15.8. The lowest BCUT2D eigenvalue weighted by Gasteiger charge is -2.08. The molecule has 0 aromatic carbocycles. The van der Waals surface area contributed by atoms with Crippen LogP contribution < -0.4 is 4.74 Å². The monoisotopic (exact) mass is 289 g/mol. The van der Waals surface area contributed by atoms with Crippen molar-refractivity contribution in [2.75, 3.05) is 6.61 Å². The van der Waals surface area contributed by atoms with E-state index in [9.17, 15) is 0 Å². The number of pyridine rings is 1. The summed E-state index contributed by atoms with van der Waals surface area (Å²) in [6.45, 7) is 5.05. The Kier molecular flexibility index (Phi) is 6.51. The fraction of sp³-hybridized carbons (Fsp3) is 0.647. The standard InChI is InChI=1S/C17H27N3O/c1-3-4-5-6-7-8-9-10-13-21-17-12-11-15(2)20-16(17)14-18-19-20/h11-12,14H,3-10,13H2,1-2H3. The molecule has 0 saturated heterocycles. The van der Waals surface area contributed by atoms with Gasteiger partial charge in [0.2, 0.25) is 0 Å². The minimum absolute atomic E-state index is 0.777. The summed E-state index contributed by atoms with van der Waals surface area (Å²) in [7, 11) is 0. The van der Waals surface area contributed by atoms with Crippen molar-refractivity contribution in [1.82, 2.24) is 14.8 Å². The van der Waals surface area contributed by atoms with Crippen LogP contribution in [0.15, 0.2) is 18.3 Å². The van der Waals surface area contributed by atoms with E-state index in [1.165, 1.54) is 44.9 Å². The molecule has 0 aliphatic heterocycles. The summed E-state index contributed by atoms with van der Waals surface area (Å²) in [5.74, 6) is 0.883. The van der Waals surface area contributed by atoms with E-state index < -0.39 is 0 Å². The van der Waals surface area contributed by atoms with Crippen molar-refractivity contribution < 1.29 is 4.74 Å². The Bertz CT molecular complexity index is 536. The second-order valence-electron chi connectivity index (χ2n) is 5.69. The molecule has 2 rings (SSSR count). The van der Waals surface area contributed by atoms with Crippen molar-refractivity contribution in [1.29, 1.82) is 0 Å². The predicted molar refractivity (Wildman–Crippen MR) is 85.8 cm³/mol. The van der Waals surface area contributed by atoms with Crippen LogP contribution in [0, 0.1) is 6.92 Å². The molecule has 4 heteroatoms. The van der Waals surface area contributed by atoms with Gasteiger partial charge >= 0.3 is 0 Å². The van der Waals surface area contributed by atoms with Gasteiger partial charge in [-0.2, -0.15) is 0 Å². The highest BCUT2D eigenvalue weighted by Gasteiger charge is 2.05. The highest BCUT2D eigenvalue weighted by Crippen LogP contribution is 2.20. The van der Waals surface area contributed by atoms with Gasteiger partial charge < -0.3 is 4.74 Å². The first-order valence-electron chi connectivity index (χ1n) is 8.25. The third kappa shape index (κ3) is 4.73. The van der Waals surface area contributed by atoms with Gasteiger partial charge in [-0.1, -0.05) is 57.1 Å². The highest BCUT2D eigenvalue weighted by atomic mass is 16.5. The van der Waals surface area contributed by atoms with Gasteiger partial charge in [0, 0.05) is 5.69 Å². The lowest BCUT2D eigenvalue weighted by Crippen LogP contribution is -2.01. The van der Waals surface area contributed by atoms with E-state index in [4.69, 9.17) is 4.74 Å². The van der Waals surface area contributed by atoms with E-state index in [2.05, 4.69) is 17.2 Å². The first-order chi connectivity index (χ1) is 10.3. The minimum atomic E-state index is 0.777. The van der Waals surface area contributed by atoms with Gasteiger partial charge in [-0.25, -0.2) is 4.52 Å². The minimum Gasteiger partial charge on any atom is -0.491 e. The van der Waals surface area contributed by atoms with Crippen molar-refractivity contribution in [3.05, 3.63) is 24.0 Å². The fourth-order valence-electron chi connectivity index (χ4n) is 2.56. The average molecular weight is 289 g/mol. The third-order valence-corrected chi connectivity index (χ3v) is 3.87. The van der Waals surface area contributed by atoms with Crippen LogP contribution in [0.3, 0.4) is 0 Å². The maximum Gasteiger partial charge on any atom is 0.146 e. The molecule has 21 heavy (non-hydrogen) atoms. The van der Waals surface area contributed by atoms with Crippen LogP contribution in [-0.2, 0) is 0 Å². The quantitative estimate of drug-likeness (QED) is 0.602. The number of rotatable bonds is 10. The summed E-state index contributed by atoms with van der Waals surface area (Å²) in [5.41, 5.74) is 2.02. The third-order valence-electron chi connectivity index (χ3n) is 3.87. The van der Waals surface area contributed by atoms with Crippen molar-refractivity contribution in [3.63, 3.8) is 0 Å². The molecular weight excluding hydrogens is 262 g/mol. The summed E-state index contributed by atoms with van der Waals surface area (Å²) in [5, 5.41) is 8.01. The molecule has 0 spiro atoms. The molecule has 0 aliphatic carbocycles. The number of fused-ring (bicyclic) bond motifs is 1. The molecule has 0 N–H and O–H groups in total. The molecule has 116 valence electrons. The Morgan fingerprint density at radius 2 is 1.71 bits per heavy atom. The van der Waals surface area contributed by atoms with Gasteiger partial charge in [0.25, 0.3) is 0 Å². The molecule has 0 unspecified atom stereocenters. The van der Waals surface area contributed by atoms with Crippen LogP contribution in [0.5, 0.6) is 5.75 Å². The van der Waals surface area contributed by atoms with Gasteiger partial charge in [0.15, 0.2) is 0 Å². The summed E-state index contributed by atoms with van der Waals surface area (Å²) >= 11 is 0. The van der Waals surface area contributed by atoms with Crippen LogP contribution in [0.4, 0.5) is 0 Å². The van der Waals surface area contributed by atoms with E-state index in [1.54, 1.807) is 6.20 Å². The molecule has 0 radical (unpaired) electrons. The number of hydrogen-bond donors (Lipinski definition) is 0. The van der Waals surface area contributed by atoms with Crippen molar-refractivity contribution in [3.8, 4) is 5.75 Å². The van der Waals surface area contributed by atoms with Gasteiger partial charge in [-0.3, -0.25) is 0 Å². The zero-order valence-corrected chi connectivity index (χ0v) is 13.3. The maximum absolute atomic E-state index is 5.88. The van der Waals surface area contributed by atoms with E-state index >= 15 is 0 Å². The van der Waals surface area contributed by atoms with Crippen LogP contribution in [-0.4, -0.2) is 21.4 Å². The van der Waals surface area contributed by atoms with Crippen LogP contribution in [0.2, 0.25) is 0 Å². The van der Waals surface area contributed by atoms with Gasteiger partial charge in [-0.05, 0) is 25.5 Å². The zero-order valence-electron chi connectivity index (χ0n) is 13.3. The van der Waals surface area contributed by atoms with E-state index in [0.29, 0.717) is 0 Å². The lowest BCUT2D eigenvalue weighted by molar-refractivity contribution is 0.306. The lowest BCUT2D eigenvalue weighted by atomic mass is 10.1. The second-order valence-corrected chi connectivity index (χ2v) is 5.69. The number of aromatic nitrogens is 3. The first-order valence-corrected chi connectivity index (χ1v) is 8.25. The molecule has 2 heterocycles. The summed E-state index contributed by atoms with van der Waals surface area (Å²) in [6.07, 6.45) is 12.3. The average Bonchev–Trinajstić information content (AvgIpc) is 2.98. The molecule has 0 atom stereocenters. The molecule has 0 bridgehead atoms. The normalized spacial score (nSPS) is 11.1. The largest absolute Gasteiger partial charge is 0.491 e. The number of ether oxygens (including phenoxy) is 1. The topological polar surface area (TPSA) is 39.4 Å². The Morgan fingerprint density at radius 1 is 1.00 bits per heavy atom. The number of unbranched alkanes of at least 4 members (excludes halogenated alkanes) is 7. The Balaban J connectivity index is 1.64. The summed E-state index contributed by atoms with van der Waals surface area (Å²) in [6, 6.07) is 4.03. The molecule has 2 aromatic heterocycles. The fourth-order valence-corrected chi connectivity index (χ4v) is 2.56. The van der Waals surface area contributed by atoms with Gasteiger partial charge in [0.1, 0.15) is 11.3 Å². The van der Waals surface area contributed by atoms with Crippen molar-refractivity contribution in [2.45, 2.75) is 65.2 Å². The van der Waals surface area contributed by atoms with Crippen LogP contribution in [0.1, 0.15) is 64.0 Å². The molecule has 0 amide bonds. The smallest absolute Gasteiger partial charge is 0.146 e. The number of aryl methyl sites for hydroxylation is 1. The van der Waals surface area contributed by atoms with Gasteiger partial charge in [0.05, 0.1) is 12.8 Å². The van der Waals surface area contributed by atoms with Crippen molar-refractivity contribution >= 4 is 5.52 Å². The SMILES string of the molecule is CCCCCCCCCCOc1ccc(C)n2nncc12. The van der Waals surface area contributed by atoms with Crippen LogP contribution in [0.25, 0.3) is 5.52 Å². The molecule has 0 fully saturated rings. The Labute approximate surface area is 127 Å². The molecule has 2 aromatic rings. The van der Waals surface area contributed by atoms with E-state index in [1.807, 2.05) is 23.6 Å². The Hall–Kier alpha value is -1.58. The molecular formula is C17H27N3O. The molecule has 0 saturated carbocycles. The van der Waals surface area contributed by atoms with Crippen LogP contribution >= 0.6 is 0 Å². The molecule has 0 aliphatic rings. The van der Waals surface area contributed by atoms with E-state index in [0.717, 1.165) is 30.0 Å². The second kappa shape index (κ2) is 8.65. The maximum atomic E-state index is 5.88. The summed E-state index contributed by atoms with van der Waals surface area (Å²) in [4.78, 5) is 0. The Morgan fingerprint density at radius 3 is 2.48 bits per heavy atom. The molecule has 4 nitrogen and oxygen atoms in total. The number of hydrogen-bond acceptors (Lipinski definition) is 3.